The number of ether oxygens (including phenoxy) is 1. The van der Waals surface area contributed by atoms with Crippen molar-refractivity contribution >= 4 is 27.6 Å². The van der Waals surface area contributed by atoms with Crippen molar-refractivity contribution in [3.63, 3.8) is 0 Å². The number of H-pyrrole nitrogens is 1. The number of nitrogens with one attached hydrogen (secondary N) is 1. The van der Waals surface area contributed by atoms with Crippen molar-refractivity contribution in [1.82, 2.24) is 4.98 Å². The fourth-order valence-electron chi connectivity index (χ4n) is 4.72. The number of carboxylic acids is 1. The molecule has 0 bridgehead atoms. The molecule has 2 N–H and O–H groups in total. The summed E-state index contributed by atoms with van der Waals surface area (Å²) in [5, 5.41) is 13.0. The number of aromatic carboxylic acids is 1. The van der Waals surface area contributed by atoms with Gasteiger partial charge in [0.25, 0.3) is 0 Å². The minimum atomic E-state index is -0.974. The van der Waals surface area contributed by atoms with Crippen molar-refractivity contribution in [1.29, 1.82) is 0 Å². The molecule has 0 aliphatic heterocycles. The van der Waals surface area contributed by atoms with Crippen LogP contribution in [0.25, 0.3) is 43.9 Å². The van der Waals surface area contributed by atoms with E-state index >= 15 is 0 Å². The summed E-state index contributed by atoms with van der Waals surface area (Å²) in [6.07, 6.45) is 0.102. The Morgan fingerprint density at radius 3 is 2.11 bits per heavy atom. The standard InChI is InChI=1S/C32H31NO3/c1-19(2)36-26-14-10-21-16-24(7-6-22(21)17-26)29-27-18-23(11-15-28(27)33-30(29)31(34)35)20-8-12-25(13-9-20)32(3,4)5/h6-19,33H,1-5H3,(H,34,35). The van der Waals surface area contributed by atoms with Crippen LogP contribution in [0.1, 0.15) is 50.7 Å². The van der Waals surface area contributed by atoms with Gasteiger partial charge in [-0.05, 0) is 82.6 Å². The van der Waals surface area contributed by atoms with Crippen LogP contribution in [0.3, 0.4) is 0 Å². The van der Waals surface area contributed by atoms with Gasteiger partial charge in [0.15, 0.2) is 0 Å². The Morgan fingerprint density at radius 1 is 0.806 bits per heavy atom. The molecule has 4 heteroatoms. The predicted molar refractivity (Wildman–Crippen MR) is 148 cm³/mol. The highest BCUT2D eigenvalue weighted by Crippen LogP contribution is 2.37. The number of rotatable bonds is 5. The molecule has 0 atom stereocenters. The van der Waals surface area contributed by atoms with Crippen LogP contribution in [0, 0.1) is 0 Å². The number of aromatic amines is 1. The summed E-state index contributed by atoms with van der Waals surface area (Å²) in [4.78, 5) is 15.3. The van der Waals surface area contributed by atoms with Crippen molar-refractivity contribution in [3.05, 3.63) is 90.1 Å². The Balaban J connectivity index is 1.63. The topological polar surface area (TPSA) is 62.3 Å². The van der Waals surface area contributed by atoms with Gasteiger partial charge in [0.2, 0.25) is 0 Å². The Bertz CT molecular complexity index is 1580. The molecule has 0 radical (unpaired) electrons. The number of fused-ring (bicyclic) bond motifs is 2. The van der Waals surface area contributed by atoms with E-state index in [9.17, 15) is 9.90 Å². The van der Waals surface area contributed by atoms with Crippen LogP contribution >= 0.6 is 0 Å². The van der Waals surface area contributed by atoms with Gasteiger partial charge in [-0.2, -0.15) is 0 Å². The second kappa shape index (κ2) is 8.87. The lowest BCUT2D eigenvalue weighted by Gasteiger charge is -2.19. The van der Waals surface area contributed by atoms with E-state index in [1.165, 1.54) is 5.56 Å². The number of hydrogen-bond acceptors (Lipinski definition) is 2. The molecule has 0 saturated carbocycles. The number of aromatic nitrogens is 1. The van der Waals surface area contributed by atoms with E-state index in [4.69, 9.17) is 4.74 Å². The van der Waals surface area contributed by atoms with E-state index in [1.807, 2.05) is 62.4 Å². The smallest absolute Gasteiger partial charge is 0.352 e. The average molecular weight is 478 g/mol. The van der Waals surface area contributed by atoms with Crippen molar-refractivity contribution in [2.24, 2.45) is 0 Å². The zero-order valence-electron chi connectivity index (χ0n) is 21.3. The molecule has 0 fully saturated rings. The highest BCUT2D eigenvalue weighted by atomic mass is 16.5. The minimum Gasteiger partial charge on any atom is -0.491 e. The normalized spacial score (nSPS) is 11.9. The van der Waals surface area contributed by atoms with Crippen LogP contribution in [0.2, 0.25) is 0 Å². The fourth-order valence-corrected chi connectivity index (χ4v) is 4.72. The second-order valence-electron chi connectivity index (χ2n) is 10.7. The first-order valence-corrected chi connectivity index (χ1v) is 12.3. The molecule has 4 nitrogen and oxygen atoms in total. The molecule has 5 aromatic rings. The minimum absolute atomic E-state index is 0.0877. The first kappa shape index (κ1) is 23.7. The fraction of sp³-hybridized carbons (Fsp3) is 0.219. The van der Waals surface area contributed by atoms with Crippen molar-refractivity contribution in [3.8, 4) is 28.0 Å². The van der Waals surface area contributed by atoms with Crippen LogP contribution < -0.4 is 4.74 Å². The van der Waals surface area contributed by atoms with Gasteiger partial charge in [-0.1, -0.05) is 69.3 Å². The molecule has 0 spiro atoms. The molecule has 36 heavy (non-hydrogen) atoms. The van der Waals surface area contributed by atoms with Crippen LogP contribution in [0.5, 0.6) is 5.75 Å². The number of carboxylic acid groups (broad SMARTS) is 1. The van der Waals surface area contributed by atoms with Gasteiger partial charge in [-0.25, -0.2) is 4.79 Å². The summed E-state index contributed by atoms with van der Waals surface area (Å²) in [6.45, 7) is 10.6. The molecule has 5 rings (SSSR count). The summed E-state index contributed by atoms with van der Waals surface area (Å²) in [5.41, 5.74) is 6.09. The van der Waals surface area contributed by atoms with Gasteiger partial charge in [0.05, 0.1) is 6.10 Å². The average Bonchev–Trinajstić information content (AvgIpc) is 3.22. The summed E-state index contributed by atoms with van der Waals surface area (Å²) in [6, 6.07) is 26.8. The van der Waals surface area contributed by atoms with Crippen molar-refractivity contribution < 1.29 is 14.6 Å². The highest BCUT2D eigenvalue weighted by molar-refractivity contribution is 6.09. The van der Waals surface area contributed by atoms with E-state index in [0.29, 0.717) is 5.56 Å². The SMILES string of the molecule is CC(C)Oc1ccc2cc(-c3c(C(=O)O)[nH]c4ccc(-c5ccc(C(C)(C)C)cc5)cc34)ccc2c1. The lowest BCUT2D eigenvalue weighted by Crippen LogP contribution is -2.10. The molecular formula is C32H31NO3. The third-order valence-corrected chi connectivity index (χ3v) is 6.57. The van der Waals surface area contributed by atoms with Gasteiger partial charge in [0.1, 0.15) is 11.4 Å². The molecule has 0 amide bonds. The molecule has 0 aliphatic rings. The highest BCUT2D eigenvalue weighted by Gasteiger charge is 2.20. The Morgan fingerprint density at radius 2 is 1.44 bits per heavy atom. The first-order valence-electron chi connectivity index (χ1n) is 12.3. The van der Waals surface area contributed by atoms with Crippen molar-refractivity contribution in [2.75, 3.05) is 0 Å². The summed E-state index contributed by atoms with van der Waals surface area (Å²) in [7, 11) is 0. The van der Waals surface area contributed by atoms with Gasteiger partial charge in [0, 0.05) is 16.5 Å². The van der Waals surface area contributed by atoms with Gasteiger partial charge < -0.3 is 14.8 Å². The number of carbonyl (C=O) groups is 1. The molecule has 0 saturated heterocycles. The van der Waals surface area contributed by atoms with Crippen LogP contribution in [0.4, 0.5) is 0 Å². The molecule has 0 aliphatic carbocycles. The van der Waals surface area contributed by atoms with E-state index in [2.05, 4.69) is 56.1 Å². The zero-order chi connectivity index (χ0) is 25.6. The van der Waals surface area contributed by atoms with E-state index in [1.54, 1.807) is 0 Å². The summed E-state index contributed by atoms with van der Waals surface area (Å²) >= 11 is 0. The van der Waals surface area contributed by atoms with Crippen LogP contribution in [-0.2, 0) is 5.41 Å². The van der Waals surface area contributed by atoms with Gasteiger partial charge >= 0.3 is 5.97 Å². The van der Waals surface area contributed by atoms with E-state index in [0.717, 1.165) is 44.1 Å². The summed E-state index contributed by atoms with van der Waals surface area (Å²) in [5.74, 6) is -0.149. The monoisotopic (exact) mass is 477 g/mol. The molecule has 1 heterocycles. The van der Waals surface area contributed by atoms with Crippen molar-refractivity contribution in [2.45, 2.75) is 46.1 Å². The maximum Gasteiger partial charge on any atom is 0.352 e. The molecule has 4 aromatic carbocycles. The third kappa shape index (κ3) is 4.47. The molecular weight excluding hydrogens is 446 g/mol. The van der Waals surface area contributed by atoms with Gasteiger partial charge in [-0.3, -0.25) is 0 Å². The molecule has 1 aromatic heterocycles. The van der Waals surface area contributed by atoms with E-state index in [-0.39, 0.29) is 17.2 Å². The quantitative estimate of drug-likeness (QED) is 0.267. The zero-order valence-corrected chi connectivity index (χ0v) is 21.3. The maximum atomic E-state index is 12.2. The number of benzene rings is 4. The number of hydrogen-bond donors (Lipinski definition) is 2. The Labute approximate surface area is 211 Å². The third-order valence-electron chi connectivity index (χ3n) is 6.57. The molecule has 0 unspecified atom stereocenters. The lowest BCUT2D eigenvalue weighted by atomic mass is 9.86. The van der Waals surface area contributed by atoms with Gasteiger partial charge in [-0.15, -0.1) is 0 Å². The predicted octanol–water partition coefficient (Wildman–Crippen LogP) is 8.44. The lowest BCUT2D eigenvalue weighted by molar-refractivity contribution is 0.0692. The maximum absolute atomic E-state index is 12.2. The first-order chi connectivity index (χ1) is 17.1. The summed E-state index contributed by atoms with van der Waals surface area (Å²) < 4.78 is 5.83. The van der Waals surface area contributed by atoms with E-state index < -0.39 is 5.97 Å². The van der Waals surface area contributed by atoms with Crippen LogP contribution in [0.15, 0.2) is 78.9 Å². The largest absolute Gasteiger partial charge is 0.491 e. The second-order valence-corrected chi connectivity index (χ2v) is 10.7. The van der Waals surface area contributed by atoms with Crippen LogP contribution in [-0.4, -0.2) is 22.2 Å². The Kier molecular flexibility index (Phi) is 5.83. The molecule has 182 valence electrons. The Hall–Kier alpha value is -4.05.